The lowest BCUT2D eigenvalue weighted by Crippen LogP contribution is -2.24. The number of carbonyl (C=O) groups is 1. The molecule has 1 amide bonds. The largest absolute Gasteiger partial charge is 0.495 e. The van der Waals surface area contributed by atoms with E-state index in [2.05, 4.69) is 20.6 Å². The number of aromatic nitrogens is 2. The first-order valence-corrected chi connectivity index (χ1v) is 8.70. The van der Waals surface area contributed by atoms with E-state index in [0.717, 1.165) is 11.1 Å². The molecule has 27 heavy (non-hydrogen) atoms. The van der Waals surface area contributed by atoms with Gasteiger partial charge in [0, 0.05) is 17.8 Å². The van der Waals surface area contributed by atoms with Gasteiger partial charge in [0.15, 0.2) is 0 Å². The van der Waals surface area contributed by atoms with Crippen molar-refractivity contribution in [2.24, 2.45) is 0 Å². The number of nitrogens with one attached hydrogen (secondary N) is 2. The Balaban J connectivity index is 1.71. The number of hydrogen-bond acceptors (Lipinski definition) is 5. The molecule has 0 saturated carbocycles. The quantitative estimate of drug-likeness (QED) is 0.670. The van der Waals surface area contributed by atoms with E-state index < -0.39 is 0 Å². The van der Waals surface area contributed by atoms with Gasteiger partial charge in [-0.25, -0.2) is 9.97 Å². The lowest BCUT2D eigenvalue weighted by atomic mass is 10.1. The minimum absolute atomic E-state index is 0.265. The van der Waals surface area contributed by atoms with Crippen LogP contribution in [-0.4, -0.2) is 23.0 Å². The van der Waals surface area contributed by atoms with E-state index >= 15 is 0 Å². The van der Waals surface area contributed by atoms with Gasteiger partial charge >= 0.3 is 0 Å². The minimum atomic E-state index is -0.278. The Labute approximate surface area is 162 Å². The third kappa shape index (κ3) is 4.95. The van der Waals surface area contributed by atoms with Gasteiger partial charge in [-0.1, -0.05) is 41.4 Å². The highest BCUT2D eigenvalue weighted by atomic mass is 35.5. The van der Waals surface area contributed by atoms with Crippen LogP contribution in [0.25, 0.3) is 0 Å². The number of amides is 1. The first kappa shape index (κ1) is 18.7. The Morgan fingerprint density at radius 2 is 2.04 bits per heavy atom. The summed E-state index contributed by atoms with van der Waals surface area (Å²) in [6.07, 6.45) is 1.52. The molecular weight excluding hydrogens is 364 g/mol. The van der Waals surface area contributed by atoms with Gasteiger partial charge in [-0.2, -0.15) is 0 Å². The second kappa shape index (κ2) is 8.51. The van der Waals surface area contributed by atoms with Gasteiger partial charge in [0.05, 0.1) is 12.8 Å². The van der Waals surface area contributed by atoms with E-state index in [1.165, 1.54) is 6.20 Å². The van der Waals surface area contributed by atoms with Crippen molar-refractivity contribution < 1.29 is 9.53 Å². The van der Waals surface area contributed by atoms with Crippen LogP contribution >= 0.6 is 11.6 Å². The molecule has 2 aromatic carbocycles. The number of halogens is 1. The van der Waals surface area contributed by atoms with Gasteiger partial charge in [0.25, 0.3) is 5.91 Å². The number of methoxy groups -OCH3 is 1. The second-order valence-corrected chi connectivity index (χ2v) is 6.34. The van der Waals surface area contributed by atoms with Gasteiger partial charge in [-0.3, -0.25) is 4.79 Å². The van der Waals surface area contributed by atoms with Crippen LogP contribution in [0.2, 0.25) is 5.02 Å². The molecule has 0 aliphatic carbocycles. The molecule has 3 rings (SSSR count). The summed E-state index contributed by atoms with van der Waals surface area (Å²) in [5.74, 6) is 0.594. The molecule has 1 aromatic heterocycles. The molecule has 0 saturated heterocycles. The number of hydrogen-bond donors (Lipinski definition) is 2. The minimum Gasteiger partial charge on any atom is -0.495 e. The van der Waals surface area contributed by atoms with Crippen LogP contribution < -0.4 is 15.4 Å². The summed E-state index contributed by atoms with van der Waals surface area (Å²) >= 11 is 6.03. The molecule has 0 aliphatic heterocycles. The average molecular weight is 383 g/mol. The average Bonchev–Trinajstić information content (AvgIpc) is 2.66. The molecule has 0 spiro atoms. The van der Waals surface area contributed by atoms with Crippen molar-refractivity contribution in [3.63, 3.8) is 0 Å². The van der Waals surface area contributed by atoms with E-state index in [4.69, 9.17) is 16.3 Å². The normalized spacial score (nSPS) is 10.3. The zero-order chi connectivity index (χ0) is 19.2. The molecule has 0 unspecified atom stereocenters. The Kier molecular flexibility index (Phi) is 5.88. The van der Waals surface area contributed by atoms with Crippen molar-refractivity contribution in [1.82, 2.24) is 15.3 Å². The summed E-state index contributed by atoms with van der Waals surface area (Å²) < 4.78 is 5.29. The predicted octanol–water partition coefficient (Wildman–Crippen LogP) is 4.12. The van der Waals surface area contributed by atoms with Crippen molar-refractivity contribution in [3.05, 3.63) is 76.6 Å². The first-order valence-electron chi connectivity index (χ1n) is 8.32. The maximum atomic E-state index is 12.4. The van der Waals surface area contributed by atoms with Crippen molar-refractivity contribution in [3.8, 4) is 5.75 Å². The van der Waals surface area contributed by atoms with E-state index in [0.29, 0.717) is 23.0 Å². The molecule has 2 N–H and O–H groups in total. The Hall–Kier alpha value is -3.12. The van der Waals surface area contributed by atoms with Crippen LogP contribution in [0.15, 0.2) is 54.7 Å². The molecule has 6 nitrogen and oxygen atoms in total. The second-order valence-electron chi connectivity index (χ2n) is 5.91. The predicted molar refractivity (Wildman–Crippen MR) is 106 cm³/mol. The highest BCUT2D eigenvalue weighted by Gasteiger charge is 2.11. The van der Waals surface area contributed by atoms with E-state index in [-0.39, 0.29) is 17.5 Å². The fourth-order valence-electron chi connectivity index (χ4n) is 2.54. The third-order valence-electron chi connectivity index (χ3n) is 3.83. The number of carbonyl (C=O) groups excluding carboxylic acids is 1. The molecule has 0 atom stereocenters. The highest BCUT2D eigenvalue weighted by Crippen LogP contribution is 2.29. The van der Waals surface area contributed by atoms with Crippen LogP contribution in [-0.2, 0) is 6.54 Å². The summed E-state index contributed by atoms with van der Waals surface area (Å²) in [6, 6.07) is 14.7. The first-order chi connectivity index (χ1) is 13.0. The van der Waals surface area contributed by atoms with Crippen molar-refractivity contribution >= 4 is 29.1 Å². The number of ether oxygens (including phenoxy) is 1. The molecule has 3 aromatic rings. The topological polar surface area (TPSA) is 76.1 Å². The van der Waals surface area contributed by atoms with Crippen LogP contribution in [0, 0.1) is 6.92 Å². The monoisotopic (exact) mass is 382 g/mol. The van der Waals surface area contributed by atoms with E-state index in [1.807, 2.05) is 31.2 Å². The summed E-state index contributed by atoms with van der Waals surface area (Å²) in [6.45, 7) is 2.44. The summed E-state index contributed by atoms with van der Waals surface area (Å²) in [7, 11) is 1.56. The summed E-state index contributed by atoms with van der Waals surface area (Å²) in [5.41, 5.74) is 3.05. The number of anilines is 2. The third-order valence-corrected chi connectivity index (χ3v) is 4.07. The van der Waals surface area contributed by atoms with Crippen LogP contribution in [0.3, 0.4) is 0 Å². The Morgan fingerprint density at radius 1 is 1.19 bits per heavy atom. The van der Waals surface area contributed by atoms with Gasteiger partial charge in [0.1, 0.15) is 11.4 Å². The van der Waals surface area contributed by atoms with E-state index in [1.54, 1.807) is 31.4 Å². The number of rotatable bonds is 6. The molecular formula is C20H19ClN4O2. The maximum Gasteiger partial charge on any atom is 0.270 e. The highest BCUT2D eigenvalue weighted by molar-refractivity contribution is 6.31. The van der Waals surface area contributed by atoms with Crippen molar-refractivity contribution in [1.29, 1.82) is 0 Å². The molecule has 0 radical (unpaired) electrons. The zero-order valence-electron chi connectivity index (χ0n) is 15.0. The number of benzene rings is 2. The molecule has 7 heteroatoms. The summed E-state index contributed by atoms with van der Waals surface area (Å²) in [5, 5.41) is 6.44. The maximum absolute atomic E-state index is 12.4. The molecule has 0 aliphatic rings. The zero-order valence-corrected chi connectivity index (χ0v) is 15.7. The van der Waals surface area contributed by atoms with Crippen LogP contribution in [0.1, 0.15) is 21.6 Å². The molecule has 0 fully saturated rings. The van der Waals surface area contributed by atoms with Gasteiger partial charge in [-0.15, -0.1) is 0 Å². The Bertz CT molecular complexity index is 962. The van der Waals surface area contributed by atoms with Crippen molar-refractivity contribution in [2.45, 2.75) is 13.5 Å². The van der Waals surface area contributed by atoms with Crippen LogP contribution in [0.4, 0.5) is 11.6 Å². The smallest absolute Gasteiger partial charge is 0.270 e. The molecule has 1 heterocycles. The van der Waals surface area contributed by atoms with E-state index in [9.17, 15) is 4.79 Å². The summed E-state index contributed by atoms with van der Waals surface area (Å²) in [4.78, 5) is 20.8. The number of aryl methyl sites for hydroxylation is 1. The SMILES string of the molecule is COc1ccc(Cl)cc1Nc1nccc(C(=O)NCc2cccc(C)c2)n1. The fraction of sp³-hybridized carbons (Fsp3) is 0.150. The fourth-order valence-corrected chi connectivity index (χ4v) is 2.71. The van der Waals surface area contributed by atoms with Gasteiger partial charge < -0.3 is 15.4 Å². The van der Waals surface area contributed by atoms with Gasteiger partial charge in [-0.05, 0) is 36.8 Å². The lowest BCUT2D eigenvalue weighted by molar-refractivity contribution is 0.0946. The standard InChI is InChI=1S/C20H19ClN4O2/c1-13-4-3-5-14(10-13)12-23-19(26)16-8-9-22-20(24-16)25-17-11-15(21)6-7-18(17)27-2/h3-11H,12H2,1-2H3,(H,23,26)(H,22,24,25). The van der Waals surface area contributed by atoms with Gasteiger partial charge in [0.2, 0.25) is 5.95 Å². The van der Waals surface area contributed by atoms with Crippen molar-refractivity contribution in [2.75, 3.05) is 12.4 Å². The lowest BCUT2D eigenvalue weighted by Gasteiger charge is -2.11. The molecule has 0 bridgehead atoms. The van der Waals surface area contributed by atoms with Crippen LogP contribution in [0.5, 0.6) is 5.75 Å². The Morgan fingerprint density at radius 3 is 2.81 bits per heavy atom. The molecule has 138 valence electrons. The number of nitrogens with zero attached hydrogens (tertiary/aromatic N) is 2.